The molecule has 0 spiro atoms. The van der Waals surface area contributed by atoms with E-state index in [-0.39, 0.29) is 11.3 Å². The molecule has 0 aromatic heterocycles. The highest BCUT2D eigenvalue weighted by Crippen LogP contribution is 2.22. The summed E-state index contributed by atoms with van der Waals surface area (Å²) in [6.07, 6.45) is -0.418. The fourth-order valence-corrected chi connectivity index (χ4v) is 1.95. The number of hydrogen-bond acceptors (Lipinski definition) is 4. The van der Waals surface area contributed by atoms with Gasteiger partial charge in [-0.2, -0.15) is 0 Å². The average Bonchev–Trinajstić information content (AvgIpc) is 2.48. The minimum absolute atomic E-state index is 0.0863. The minimum atomic E-state index is -0.575. The van der Waals surface area contributed by atoms with Crippen molar-refractivity contribution >= 4 is 11.7 Å². The van der Waals surface area contributed by atoms with Crippen LogP contribution >= 0.6 is 0 Å². The molecule has 0 amide bonds. The summed E-state index contributed by atoms with van der Waals surface area (Å²) in [4.78, 5) is 22.5. The van der Waals surface area contributed by atoms with Crippen LogP contribution in [0.4, 0.5) is 5.69 Å². The van der Waals surface area contributed by atoms with Gasteiger partial charge in [-0.1, -0.05) is 36.4 Å². The Hall–Kier alpha value is -2.69. The third kappa shape index (κ3) is 3.45. The highest BCUT2D eigenvalue weighted by Gasteiger charge is 2.18. The van der Waals surface area contributed by atoms with Crippen LogP contribution in [-0.4, -0.2) is 10.9 Å². The maximum Gasteiger partial charge on any atom is 0.338 e. The Balaban J connectivity index is 2.17. The van der Waals surface area contributed by atoms with Crippen molar-refractivity contribution in [2.24, 2.45) is 0 Å². The maximum absolute atomic E-state index is 12.1. The van der Waals surface area contributed by atoms with Crippen LogP contribution in [-0.2, 0) is 4.74 Å². The first-order valence-electron chi connectivity index (χ1n) is 6.50. The zero-order valence-corrected chi connectivity index (χ0v) is 11.8. The van der Waals surface area contributed by atoms with Crippen molar-refractivity contribution in [3.63, 3.8) is 0 Å². The van der Waals surface area contributed by atoms with Crippen LogP contribution in [0, 0.1) is 17.0 Å². The third-order valence-corrected chi connectivity index (χ3v) is 3.19. The van der Waals surface area contributed by atoms with Gasteiger partial charge < -0.3 is 4.74 Å². The quantitative estimate of drug-likeness (QED) is 0.486. The van der Waals surface area contributed by atoms with E-state index in [0.29, 0.717) is 5.56 Å². The molecule has 0 bridgehead atoms. The van der Waals surface area contributed by atoms with Crippen molar-refractivity contribution in [2.75, 3.05) is 0 Å². The van der Waals surface area contributed by atoms with Gasteiger partial charge in [-0.3, -0.25) is 10.1 Å². The highest BCUT2D eigenvalue weighted by molar-refractivity contribution is 5.90. The van der Waals surface area contributed by atoms with E-state index in [1.54, 1.807) is 19.9 Å². The van der Waals surface area contributed by atoms with Gasteiger partial charge in [0.05, 0.1) is 10.5 Å². The van der Waals surface area contributed by atoms with E-state index in [1.807, 2.05) is 30.3 Å². The monoisotopic (exact) mass is 285 g/mol. The van der Waals surface area contributed by atoms with E-state index < -0.39 is 17.0 Å². The molecule has 21 heavy (non-hydrogen) atoms. The van der Waals surface area contributed by atoms with E-state index >= 15 is 0 Å². The molecule has 2 aromatic rings. The van der Waals surface area contributed by atoms with Crippen LogP contribution < -0.4 is 0 Å². The Morgan fingerprint density at radius 1 is 1.19 bits per heavy atom. The lowest BCUT2D eigenvalue weighted by molar-refractivity contribution is -0.385. The number of nitro groups is 1. The molecule has 0 heterocycles. The van der Waals surface area contributed by atoms with Gasteiger partial charge in [-0.05, 0) is 25.5 Å². The largest absolute Gasteiger partial charge is 0.454 e. The maximum atomic E-state index is 12.1. The van der Waals surface area contributed by atoms with Gasteiger partial charge in [0.15, 0.2) is 0 Å². The number of aryl methyl sites for hydroxylation is 1. The molecule has 108 valence electrons. The first kappa shape index (κ1) is 14.7. The second-order valence-corrected chi connectivity index (χ2v) is 4.72. The minimum Gasteiger partial charge on any atom is -0.454 e. The Morgan fingerprint density at radius 3 is 2.48 bits per heavy atom. The number of benzene rings is 2. The summed E-state index contributed by atoms with van der Waals surface area (Å²) in [5.41, 5.74) is 1.46. The summed E-state index contributed by atoms with van der Waals surface area (Å²) < 4.78 is 5.34. The lowest BCUT2D eigenvalue weighted by atomic mass is 10.1. The van der Waals surface area contributed by atoms with Crippen LogP contribution in [0.25, 0.3) is 0 Å². The first-order valence-corrected chi connectivity index (χ1v) is 6.50. The predicted molar refractivity (Wildman–Crippen MR) is 78.1 cm³/mol. The van der Waals surface area contributed by atoms with Crippen LogP contribution in [0.1, 0.15) is 34.5 Å². The summed E-state index contributed by atoms with van der Waals surface area (Å²) in [6.45, 7) is 3.38. The molecule has 0 radical (unpaired) electrons. The molecule has 1 atom stereocenters. The average molecular weight is 285 g/mol. The second-order valence-electron chi connectivity index (χ2n) is 4.72. The first-order chi connectivity index (χ1) is 9.99. The summed E-state index contributed by atoms with van der Waals surface area (Å²) in [7, 11) is 0. The van der Waals surface area contributed by atoms with E-state index in [9.17, 15) is 14.9 Å². The van der Waals surface area contributed by atoms with Gasteiger partial charge in [-0.25, -0.2) is 4.79 Å². The van der Waals surface area contributed by atoms with Crippen molar-refractivity contribution in [1.82, 2.24) is 0 Å². The molecule has 5 heteroatoms. The van der Waals surface area contributed by atoms with Gasteiger partial charge in [0.1, 0.15) is 6.10 Å². The van der Waals surface area contributed by atoms with E-state index in [0.717, 1.165) is 5.56 Å². The third-order valence-electron chi connectivity index (χ3n) is 3.19. The molecule has 0 N–H and O–H groups in total. The van der Waals surface area contributed by atoms with Crippen LogP contribution in [0.15, 0.2) is 48.5 Å². The number of nitro benzene ring substituents is 1. The Bertz CT molecular complexity index is 667. The smallest absolute Gasteiger partial charge is 0.338 e. The van der Waals surface area contributed by atoms with Gasteiger partial charge in [-0.15, -0.1) is 0 Å². The summed E-state index contributed by atoms with van der Waals surface area (Å²) in [5.74, 6) is -0.575. The summed E-state index contributed by atoms with van der Waals surface area (Å²) in [5, 5.41) is 10.9. The molecule has 0 unspecified atom stereocenters. The standard InChI is InChI=1S/C16H15NO4/c1-11-8-9-14(10-15(11)17(19)20)16(18)21-12(2)13-6-4-3-5-7-13/h3-10,12H,1-2H3/t12-/m0/s1. The summed E-state index contributed by atoms with van der Waals surface area (Å²) >= 11 is 0. The SMILES string of the molecule is Cc1ccc(C(=O)O[C@@H](C)c2ccccc2)cc1[N+](=O)[O-]. The van der Waals surface area contributed by atoms with Crippen molar-refractivity contribution in [2.45, 2.75) is 20.0 Å². The second kappa shape index (κ2) is 6.17. The highest BCUT2D eigenvalue weighted by atomic mass is 16.6. The molecule has 0 saturated heterocycles. The molecule has 2 aromatic carbocycles. The molecule has 0 aliphatic heterocycles. The number of carbonyl (C=O) groups excluding carboxylic acids is 1. The number of hydrogen-bond donors (Lipinski definition) is 0. The lowest BCUT2D eigenvalue weighted by Crippen LogP contribution is -2.09. The van der Waals surface area contributed by atoms with Gasteiger partial charge in [0.2, 0.25) is 0 Å². The molecule has 5 nitrogen and oxygen atoms in total. The predicted octanol–water partition coefficient (Wildman–Crippen LogP) is 3.82. The summed E-state index contributed by atoms with van der Waals surface area (Å²) in [6, 6.07) is 13.6. The Morgan fingerprint density at radius 2 is 1.86 bits per heavy atom. The molecule has 0 fully saturated rings. The van der Waals surface area contributed by atoms with Crippen molar-refractivity contribution in [3.8, 4) is 0 Å². The van der Waals surface area contributed by atoms with Gasteiger partial charge >= 0.3 is 5.97 Å². The normalized spacial score (nSPS) is 11.7. The zero-order chi connectivity index (χ0) is 15.4. The van der Waals surface area contributed by atoms with Crippen molar-refractivity contribution in [3.05, 3.63) is 75.3 Å². The van der Waals surface area contributed by atoms with Crippen molar-refractivity contribution < 1.29 is 14.5 Å². The number of carbonyl (C=O) groups is 1. The fraction of sp³-hybridized carbons (Fsp3) is 0.188. The van der Waals surface area contributed by atoms with Crippen molar-refractivity contribution in [1.29, 1.82) is 0 Å². The number of rotatable bonds is 4. The molecule has 0 aliphatic rings. The lowest BCUT2D eigenvalue weighted by Gasteiger charge is -2.13. The van der Waals surface area contributed by atoms with Gasteiger partial charge in [0.25, 0.3) is 5.69 Å². The van der Waals surface area contributed by atoms with E-state index in [4.69, 9.17) is 4.74 Å². The molecule has 0 aliphatic carbocycles. The van der Waals surface area contributed by atoms with Gasteiger partial charge in [0, 0.05) is 11.6 Å². The number of esters is 1. The number of ether oxygens (including phenoxy) is 1. The van der Waals surface area contributed by atoms with E-state index in [2.05, 4.69) is 0 Å². The number of nitrogens with zero attached hydrogens (tertiary/aromatic N) is 1. The van der Waals surface area contributed by atoms with Crippen LogP contribution in [0.2, 0.25) is 0 Å². The van der Waals surface area contributed by atoms with Crippen LogP contribution in [0.3, 0.4) is 0 Å². The van der Waals surface area contributed by atoms with Crippen LogP contribution in [0.5, 0.6) is 0 Å². The topological polar surface area (TPSA) is 69.4 Å². The fourth-order valence-electron chi connectivity index (χ4n) is 1.95. The molecular formula is C16H15NO4. The molecule has 2 rings (SSSR count). The molecular weight excluding hydrogens is 270 g/mol. The Labute approximate surface area is 122 Å². The van der Waals surface area contributed by atoms with E-state index in [1.165, 1.54) is 12.1 Å². The Kier molecular flexibility index (Phi) is 4.33. The molecule has 0 saturated carbocycles. The zero-order valence-electron chi connectivity index (χ0n) is 11.8.